The number of urea groups is 1. The van der Waals surface area contributed by atoms with Gasteiger partial charge in [-0.05, 0) is 12.8 Å². The number of carboxylic acid groups (broad SMARTS) is 1. The summed E-state index contributed by atoms with van der Waals surface area (Å²) in [6, 6.07) is -0.667. The Bertz CT molecular complexity index is 329. The number of carbonyl (C=O) groups is 4. The van der Waals surface area contributed by atoms with Gasteiger partial charge in [-0.3, -0.25) is 19.7 Å². The van der Waals surface area contributed by atoms with E-state index in [0.717, 1.165) is 0 Å². The SMILES string of the molecule is NC(=O)CCCNC(=O)NC(=O)CCCC(=O)O. The highest BCUT2D eigenvalue weighted by Crippen LogP contribution is 1.94. The summed E-state index contributed by atoms with van der Waals surface area (Å²) in [5.74, 6) is -1.98. The number of imide groups is 1. The highest BCUT2D eigenvalue weighted by atomic mass is 16.4. The molecule has 0 atom stereocenters. The molecule has 0 aliphatic carbocycles. The molecule has 0 fully saturated rings. The Morgan fingerprint density at radius 3 is 2.22 bits per heavy atom. The molecule has 0 aromatic heterocycles. The fraction of sp³-hybridized carbons (Fsp3) is 0.600. The molecule has 0 saturated heterocycles. The maximum Gasteiger partial charge on any atom is 0.321 e. The number of hydrogen-bond acceptors (Lipinski definition) is 4. The Kier molecular flexibility index (Phi) is 7.91. The first-order valence-electron chi connectivity index (χ1n) is 5.49. The molecule has 0 unspecified atom stereocenters. The summed E-state index contributed by atoms with van der Waals surface area (Å²) in [7, 11) is 0. The van der Waals surface area contributed by atoms with Crippen LogP contribution in [0.25, 0.3) is 0 Å². The topological polar surface area (TPSA) is 139 Å². The summed E-state index contributed by atoms with van der Waals surface area (Å²) in [6.07, 6.45) is 0.591. The van der Waals surface area contributed by atoms with Crippen LogP contribution in [-0.4, -0.2) is 35.5 Å². The summed E-state index contributed by atoms with van der Waals surface area (Å²) < 4.78 is 0. The lowest BCUT2D eigenvalue weighted by molar-refractivity contribution is -0.137. The minimum absolute atomic E-state index is 0.0268. The molecule has 0 bridgehead atoms. The number of amides is 4. The number of nitrogens with two attached hydrogens (primary N) is 1. The van der Waals surface area contributed by atoms with Crippen LogP contribution in [0.3, 0.4) is 0 Å². The quantitative estimate of drug-likeness (QED) is 0.428. The molecule has 8 heteroatoms. The Morgan fingerprint density at radius 1 is 1.00 bits per heavy atom. The summed E-state index contributed by atoms with van der Waals surface area (Å²) >= 11 is 0. The Labute approximate surface area is 104 Å². The van der Waals surface area contributed by atoms with Crippen LogP contribution in [0.1, 0.15) is 32.1 Å². The molecule has 0 rings (SSSR count). The van der Waals surface area contributed by atoms with Crippen molar-refractivity contribution in [3.8, 4) is 0 Å². The summed E-state index contributed by atoms with van der Waals surface area (Å²) in [4.78, 5) is 42.8. The van der Waals surface area contributed by atoms with E-state index in [0.29, 0.717) is 6.42 Å². The molecule has 0 aromatic rings. The smallest absolute Gasteiger partial charge is 0.321 e. The number of rotatable bonds is 8. The molecule has 4 amide bonds. The number of hydrogen-bond donors (Lipinski definition) is 4. The second-order valence-corrected chi connectivity index (χ2v) is 3.62. The van der Waals surface area contributed by atoms with Crippen LogP contribution in [0.2, 0.25) is 0 Å². The maximum atomic E-state index is 11.1. The Hall–Kier alpha value is -2.12. The standard InChI is InChI=1S/C10H17N3O5/c11-7(14)3-2-6-12-10(18)13-8(15)4-1-5-9(16)17/h1-6H2,(H2,11,14)(H,16,17)(H2,12,13,15,18). The second-order valence-electron chi connectivity index (χ2n) is 3.62. The van der Waals surface area contributed by atoms with E-state index in [-0.39, 0.29) is 32.2 Å². The third-order valence-electron chi connectivity index (χ3n) is 1.93. The highest BCUT2D eigenvalue weighted by Gasteiger charge is 2.07. The molecule has 0 saturated carbocycles. The fourth-order valence-electron chi connectivity index (χ4n) is 1.10. The lowest BCUT2D eigenvalue weighted by Crippen LogP contribution is -2.39. The van der Waals surface area contributed by atoms with Crippen molar-refractivity contribution >= 4 is 23.8 Å². The Balaban J connectivity index is 3.58. The molecular formula is C10H17N3O5. The van der Waals surface area contributed by atoms with Crippen LogP contribution >= 0.6 is 0 Å². The Morgan fingerprint density at radius 2 is 1.67 bits per heavy atom. The van der Waals surface area contributed by atoms with Gasteiger partial charge in [0.2, 0.25) is 11.8 Å². The van der Waals surface area contributed by atoms with Gasteiger partial charge >= 0.3 is 12.0 Å². The maximum absolute atomic E-state index is 11.1. The van der Waals surface area contributed by atoms with Gasteiger partial charge in [-0.2, -0.15) is 0 Å². The normalized spacial score (nSPS) is 9.56. The van der Waals surface area contributed by atoms with Gasteiger partial charge in [-0.25, -0.2) is 4.79 Å². The predicted octanol–water partition coefficient (Wildman–Crippen LogP) is -0.667. The number of primary amides is 1. The minimum atomic E-state index is -0.987. The van der Waals surface area contributed by atoms with E-state index in [2.05, 4.69) is 5.32 Å². The van der Waals surface area contributed by atoms with Crippen molar-refractivity contribution in [2.24, 2.45) is 5.73 Å². The average molecular weight is 259 g/mol. The lowest BCUT2D eigenvalue weighted by Gasteiger charge is -2.05. The van der Waals surface area contributed by atoms with Crippen molar-refractivity contribution in [1.82, 2.24) is 10.6 Å². The van der Waals surface area contributed by atoms with E-state index in [1.165, 1.54) is 0 Å². The van der Waals surface area contributed by atoms with Gasteiger partial charge in [0, 0.05) is 25.8 Å². The van der Waals surface area contributed by atoms with Gasteiger partial charge < -0.3 is 16.2 Å². The zero-order valence-corrected chi connectivity index (χ0v) is 9.90. The molecular weight excluding hydrogens is 242 g/mol. The van der Waals surface area contributed by atoms with Gasteiger partial charge in [-0.15, -0.1) is 0 Å². The van der Waals surface area contributed by atoms with Crippen molar-refractivity contribution in [3.63, 3.8) is 0 Å². The first-order chi connectivity index (χ1) is 8.41. The average Bonchev–Trinajstić information content (AvgIpc) is 2.23. The molecule has 0 aromatic carbocycles. The molecule has 5 N–H and O–H groups in total. The van der Waals surface area contributed by atoms with Crippen LogP contribution in [-0.2, 0) is 14.4 Å². The van der Waals surface area contributed by atoms with Crippen LogP contribution < -0.4 is 16.4 Å². The van der Waals surface area contributed by atoms with Crippen molar-refractivity contribution in [2.45, 2.75) is 32.1 Å². The number of aliphatic carboxylic acids is 1. The predicted molar refractivity (Wildman–Crippen MR) is 61.5 cm³/mol. The molecule has 0 spiro atoms. The summed E-state index contributed by atoms with van der Waals surface area (Å²) in [5.41, 5.74) is 4.90. The number of carboxylic acids is 1. The van der Waals surface area contributed by atoms with E-state index in [1.54, 1.807) is 0 Å². The largest absolute Gasteiger partial charge is 0.481 e. The van der Waals surface area contributed by atoms with Gasteiger partial charge in [0.05, 0.1) is 0 Å². The van der Waals surface area contributed by atoms with Gasteiger partial charge in [-0.1, -0.05) is 0 Å². The fourth-order valence-corrected chi connectivity index (χ4v) is 1.10. The van der Waals surface area contributed by atoms with Crippen molar-refractivity contribution in [2.75, 3.05) is 6.54 Å². The molecule has 0 aliphatic rings. The van der Waals surface area contributed by atoms with Gasteiger partial charge in [0.15, 0.2) is 0 Å². The van der Waals surface area contributed by atoms with E-state index >= 15 is 0 Å². The van der Waals surface area contributed by atoms with Crippen molar-refractivity contribution in [3.05, 3.63) is 0 Å². The number of carbonyl (C=O) groups excluding carboxylic acids is 3. The van der Waals surface area contributed by atoms with E-state index < -0.39 is 23.8 Å². The van der Waals surface area contributed by atoms with E-state index in [9.17, 15) is 19.2 Å². The number of nitrogens with one attached hydrogen (secondary N) is 2. The van der Waals surface area contributed by atoms with Crippen LogP contribution in [0.4, 0.5) is 4.79 Å². The lowest BCUT2D eigenvalue weighted by atomic mass is 10.2. The molecule has 18 heavy (non-hydrogen) atoms. The van der Waals surface area contributed by atoms with E-state index in [1.807, 2.05) is 5.32 Å². The first kappa shape index (κ1) is 15.9. The third-order valence-corrected chi connectivity index (χ3v) is 1.93. The third kappa shape index (κ3) is 10.4. The van der Waals surface area contributed by atoms with E-state index in [4.69, 9.17) is 10.8 Å². The van der Waals surface area contributed by atoms with Crippen LogP contribution in [0.5, 0.6) is 0 Å². The van der Waals surface area contributed by atoms with Gasteiger partial charge in [0.25, 0.3) is 0 Å². The summed E-state index contributed by atoms with van der Waals surface area (Å²) in [6.45, 7) is 0.233. The zero-order valence-electron chi connectivity index (χ0n) is 9.90. The van der Waals surface area contributed by atoms with Gasteiger partial charge in [0.1, 0.15) is 0 Å². The van der Waals surface area contributed by atoms with Crippen LogP contribution in [0, 0.1) is 0 Å². The van der Waals surface area contributed by atoms with Crippen molar-refractivity contribution < 1.29 is 24.3 Å². The van der Waals surface area contributed by atoms with Crippen molar-refractivity contribution in [1.29, 1.82) is 0 Å². The molecule has 8 nitrogen and oxygen atoms in total. The highest BCUT2D eigenvalue weighted by molar-refractivity contribution is 5.94. The minimum Gasteiger partial charge on any atom is -0.481 e. The molecule has 102 valence electrons. The second kappa shape index (κ2) is 8.97. The van der Waals surface area contributed by atoms with Crippen LogP contribution in [0.15, 0.2) is 0 Å². The zero-order chi connectivity index (χ0) is 14.0. The first-order valence-corrected chi connectivity index (χ1v) is 5.49. The monoisotopic (exact) mass is 259 g/mol. The molecule has 0 radical (unpaired) electrons. The summed E-state index contributed by atoms with van der Waals surface area (Å²) in [5, 5.41) is 12.8. The molecule has 0 heterocycles. The molecule has 0 aliphatic heterocycles.